The molecule has 43 valence electrons. The largest absolute Gasteiger partial charge is 0.381 e. The van der Waals surface area contributed by atoms with Crippen molar-refractivity contribution in [1.29, 1.82) is 0 Å². The monoisotopic (exact) mass is 104 g/mol. The van der Waals surface area contributed by atoms with Gasteiger partial charge in [0.05, 0.1) is 13.5 Å². The van der Waals surface area contributed by atoms with Gasteiger partial charge in [-0.15, -0.1) is 0 Å². The highest BCUT2D eigenvalue weighted by atomic mass is 16.3. The molecule has 0 fully saturated rings. The number of hydrogen-bond acceptors (Lipinski definition) is 3. The lowest BCUT2D eigenvalue weighted by molar-refractivity contribution is 0.0542. The third-order valence-corrected chi connectivity index (χ3v) is 0.728. The summed E-state index contributed by atoms with van der Waals surface area (Å²) >= 11 is 0. The predicted octanol–water partition coefficient (Wildman–Crippen LogP) is -0.630. The molecule has 0 saturated carbocycles. The molecule has 0 amide bonds. The fourth-order valence-electron chi connectivity index (χ4n) is 0.208. The molecule has 0 aliphatic rings. The van der Waals surface area contributed by atoms with Crippen LogP contribution in [0.15, 0.2) is 0 Å². The lowest BCUT2D eigenvalue weighted by Crippen LogP contribution is -2.21. The SMILES string of the molecule is C[CH]N(CO)CO. The molecule has 0 bridgehead atoms. The highest BCUT2D eigenvalue weighted by Gasteiger charge is 1.92. The quantitative estimate of drug-likeness (QED) is 0.468. The number of nitrogens with zero attached hydrogens (tertiary/aromatic N) is 1. The molecular formula is C4H10NO2. The molecule has 0 aromatic rings. The van der Waals surface area contributed by atoms with Crippen LogP contribution < -0.4 is 0 Å². The topological polar surface area (TPSA) is 43.7 Å². The summed E-state index contributed by atoms with van der Waals surface area (Å²) in [4.78, 5) is 1.36. The van der Waals surface area contributed by atoms with Crippen LogP contribution in [-0.4, -0.2) is 28.6 Å². The fraction of sp³-hybridized carbons (Fsp3) is 0.750. The first kappa shape index (κ1) is 6.88. The Kier molecular flexibility index (Phi) is 3.98. The van der Waals surface area contributed by atoms with Crippen LogP contribution >= 0.6 is 0 Å². The molecule has 0 aliphatic heterocycles. The first-order chi connectivity index (χ1) is 3.35. The molecule has 0 unspecified atom stereocenters. The molecule has 0 atom stereocenters. The van der Waals surface area contributed by atoms with E-state index in [1.54, 1.807) is 13.5 Å². The lowest BCUT2D eigenvalue weighted by atomic mass is 10.7. The van der Waals surface area contributed by atoms with Crippen LogP contribution in [0.2, 0.25) is 0 Å². The van der Waals surface area contributed by atoms with Crippen molar-refractivity contribution in [3.63, 3.8) is 0 Å². The van der Waals surface area contributed by atoms with Gasteiger partial charge in [0.15, 0.2) is 0 Å². The van der Waals surface area contributed by atoms with Gasteiger partial charge >= 0.3 is 0 Å². The second-order valence-electron chi connectivity index (χ2n) is 1.13. The van der Waals surface area contributed by atoms with Gasteiger partial charge in [0, 0.05) is 6.54 Å². The fourth-order valence-corrected chi connectivity index (χ4v) is 0.208. The number of aliphatic hydroxyl groups is 2. The standard InChI is InChI=1S/C4H10NO2/c1-2-5(3-6)4-7/h2,6-7H,3-4H2,1H3. The van der Waals surface area contributed by atoms with Crippen LogP contribution in [0, 0.1) is 6.54 Å². The van der Waals surface area contributed by atoms with E-state index in [2.05, 4.69) is 0 Å². The Balaban J connectivity index is 2.99. The summed E-state index contributed by atoms with van der Waals surface area (Å²) in [6.45, 7) is 3.12. The van der Waals surface area contributed by atoms with Gasteiger partial charge in [0.25, 0.3) is 0 Å². The smallest absolute Gasteiger partial charge is 0.0977 e. The van der Waals surface area contributed by atoms with Gasteiger partial charge in [-0.3, -0.25) is 4.90 Å². The minimum atomic E-state index is -0.118. The van der Waals surface area contributed by atoms with E-state index in [4.69, 9.17) is 10.2 Å². The number of aliphatic hydroxyl groups excluding tert-OH is 2. The summed E-state index contributed by atoms with van der Waals surface area (Å²) in [6.07, 6.45) is 0. The zero-order chi connectivity index (χ0) is 5.70. The molecule has 0 spiro atoms. The van der Waals surface area contributed by atoms with Gasteiger partial charge in [-0.05, 0) is 6.92 Å². The Hall–Kier alpha value is -0.120. The maximum Gasteiger partial charge on any atom is 0.0977 e. The molecule has 3 heteroatoms. The molecule has 0 heterocycles. The Morgan fingerprint density at radius 2 is 1.86 bits per heavy atom. The number of hydrogen-bond donors (Lipinski definition) is 2. The normalized spacial score (nSPS) is 10.3. The third kappa shape index (κ3) is 2.56. The molecule has 2 N–H and O–H groups in total. The molecule has 0 aromatic carbocycles. The summed E-state index contributed by atoms with van der Waals surface area (Å²) in [5.41, 5.74) is 0. The van der Waals surface area contributed by atoms with Crippen LogP contribution in [0.1, 0.15) is 6.92 Å². The van der Waals surface area contributed by atoms with Crippen molar-refractivity contribution < 1.29 is 10.2 Å². The first-order valence-electron chi connectivity index (χ1n) is 2.10. The van der Waals surface area contributed by atoms with Crippen molar-refractivity contribution in [2.45, 2.75) is 6.92 Å². The van der Waals surface area contributed by atoms with E-state index in [9.17, 15) is 0 Å². The Morgan fingerprint density at radius 1 is 1.43 bits per heavy atom. The summed E-state index contributed by atoms with van der Waals surface area (Å²) in [5.74, 6) is 0. The van der Waals surface area contributed by atoms with Crippen LogP contribution in [-0.2, 0) is 0 Å². The number of rotatable bonds is 3. The summed E-state index contributed by atoms with van der Waals surface area (Å²) in [5, 5.41) is 16.5. The minimum Gasteiger partial charge on any atom is -0.381 e. The minimum absolute atomic E-state index is 0.118. The molecule has 0 aromatic heterocycles. The first-order valence-corrected chi connectivity index (χ1v) is 2.10. The maximum atomic E-state index is 8.26. The van der Waals surface area contributed by atoms with Crippen molar-refractivity contribution >= 4 is 0 Å². The molecule has 7 heavy (non-hydrogen) atoms. The molecule has 1 radical (unpaired) electrons. The second-order valence-corrected chi connectivity index (χ2v) is 1.13. The van der Waals surface area contributed by atoms with Gasteiger partial charge in [-0.25, -0.2) is 0 Å². The predicted molar refractivity (Wildman–Crippen MR) is 26.0 cm³/mol. The van der Waals surface area contributed by atoms with Crippen LogP contribution in [0.25, 0.3) is 0 Å². The molecule has 0 saturated heterocycles. The van der Waals surface area contributed by atoms with E-state index < -0.39 is 0 Å². The highest BCUT2D eigenvalue weighted by Crippen LogP contribution is 1.83. The van der Waals surface area contributed by atoms with Crippen molar-refractivity contribution in [3.05, 3.63) is 6.54 Å². The third-order valence-electron chi connectivity index (χ3n) is 0.728. The van der Waals surface area contributed by atoms with Crippen molar-refractivity contribution in [1.82, 2.24) is 4.90 Å². The molecular weight excluding hydrogens is 94.0 g/mol. The molecule has 0 aliphatic carbocycles. The Bertz CT molecular complexity index is 31.2. The zero-order valence-corrected chi connectivity index (χ0v) is 4.33. The van der Waals surface area contributed by atoms with Crippen molar-refractivity contribution in [2.75, 3.05) is 13.5 Å². The highest BCUT2D eigenvalue weighted by molar-refractivity contribution is 4.51. The summed E-state index contributed by atoms with van der Waals surface area (Å²) in [6, 6.07) is 0. The van der Waals surface area contributed by atoms with Gasteiger partial charge < -0.3 is 10.2 Å². The summed E-state index contributed by atoms with van der Waals surface area (Å²) < 4.78 is 0. The maximum absolute atomic E-state index is 8.26. The van der Waals surface area contributed by atoms with Crippen molar-refractivity contribution in [3.8, 4) is 0 Å². The van der Waals surface area contributed by atoms with Crippen molar-refractivity contribution in [2.24, 2.45) is 0 Å². The van der Waals surface area contributed by atoms with E-state index in [1.165, 1.54) is 4.90 Å². The van der Waals surface area contributed by atoms with E-state index in [0.29, 0.717) is 0 Å². The van der Waals surface area contributed by atoms with E-state index >= 15 is 0 Å². The van der Waals surface area contributed by atoms with Gasteiger partial charge in [0.1, 0.15) is 0 Å². The van der Waals surface area contributed by atoms with Crippen LogP contribution in [0.5, 0.6) is 0 Å². The van der Waals surface area contributed by atoms with E-state index in [-0.39, 0.29) is 13.5 Å². The van der Waals surface area contributed by atoms with Gasteiger partial charge in [-0.1, -0.05) is 0 Å². The average molecular weight is 104 g/mol. The second kappa shape index (κ2) is 4.05. The zero-order valence-electron chi connectivity index (χ0n) is 4.33. The van der Waals surface area contributed by atoms with E-state index in [1.807, 2.05) is 0 Å². The lowest BCUT2D eigenvalue weighted by Gasteiger charge is -2.10. The average Bonchev–Trinajstić information content (AvgIpc) is 1.72. The Labute approximate surface area is 43.2 Å². The Morgan fingerprint density at radius 3 is 1.86 bits per heavy atom. The molecule has 0 rings (SSSR count). The molecule has 3 nitrogen and oxygen atoms in total. The summed E-state index contributed by atoms with van der Waals surface area (Å²) in [7, 11) is 0. The van der Waals surface area contributed by atoms with Gasteiger partial charge in [0.2, 0.25) is 0 Å². The van der Waals surface area contributed by atoms with Gasteiger partial charge in [-0.2, -0.15) is 0 Å². The van der Waals surface area contributed by atoms with Crippen LogP contribution in [0.4, 0.5) is 0 Å². The van der Waals surface area contributed by atoms with E-state index in [0.717, 1.165) is 0 Å². The van der Waals surface area contributed by atoms with Crippen LogP contribution in [0.3, 0.4) is 0 Å².